The predicted octanol–water partition coefficient (Wildman–Crippen LogP) is 4.32. The number of carboxylic acids is 1. The summed E-state index contributed by atoms with van der Waals surface area (Å²) in [4.78, 5) is 10.5. The molecule has 0 aliphatic heterocycles. The largest absolute Gasteiger partial charge is 0.478 e. The molecule has 16 heavy (non-hydrogen) atoms. The fourth-order valence-corrected chi connectivity index (χ4v) is 1.42. The number of carboxylic acid groups (broad SMARTS) is 1. The zero-order valence-corrected chi connectivity index (χ0v) is 10.5. The summed E-state index contributed by atoms with van der Waals surface area (Å²) >= 11 is 0. The Bertz CT molecular complexity index is 239. The second-order valence-electron chi connectivity index (χ2n) is 4.14. The van der Waals surface area contributed by atoms with E-state index in [0.717, 1.165) is 6.42 Å². The average Bonchev–Trinajstić information content (AvgIpc) is 2.26. The highest BCUT2D eigenvalue weighted by Crippen LogP contribution is 2.07. The number of unbranched alkanes of at least 4 members (excludes halogenated alkanes) is 6. The predicted molar refractivity (Wildman–Crippen MR) is 68.5 cm³/mol. The molecule has 2 heteroatoms. The molecule has 0 fully saturated rings. The summed E-state index contributed by atoms with van der Waals surface area (Å²) in [5, 5.41) is 8.60. The number of hydrogen-bond donors (Lipinski definition) is 1. The van der Waals surface area contributed by atoms with E-state index in [1.807, 2.05) is 12.2 Å². The van der Waals surface area contributed by atoms with Gasteiger partial charge in [0.2, 0.25) is 0 Å². The van der Waals surface area contributed by atoms with Gasteiger partial charge in [0, 0.05) is 5.57 Å². The molecule has 0 saturated carbocycles. The first-order valence-electron chi connectivity index (χ1n) is 6.25. The quantitative estimate of drug-likeness (QED) is 0.359. The standard InChI is InChI=1S/C14H24O2/c1-3-4-5-6-7-8-9-10-11-12-13(2)14(15)16/h10-12H,3-9H2,1-2H3,(H,15,16). The van der Waals surface area contributed by atoms with Crippen LogP contribution in [0.15, 0.2) is 23.8 Å². The molecule has 0 aromatic rings. The van der Waals surface area contributed by atoms with E-state index in [0.29, 0.717) is 5.57 Å². The Morgan fingerprint density at radius 3 is 2.38 bits per heavy atom. The lowest BCUT2D eigenvalue weighted by Gasteiger charge is -1.97. The molecule has 0 aromatic carbocycles. The highest BCUT2D eigenvalue weighted by Gasteiger charge is 1.95. The number of allylic oxidation sites excluding steroid dienone is 3. The van der Waals surface area contributed by atoms with Gasteiger partial charge in [-0.2, -0.15) is 0 Å². The van der Waals surface area contributed by atoms with Crippen molar-refractivity contribution in [3.05, 3.63) is 23.8 Å². The Balaban J connectivity index is 3.41. The fraction of sp³-hybridized carbons (Fsp3) is 0.643. The van der Waals surface area contributed by atoms with Gasteiger partial charge in [-0.25, -0.2) is 4.79 Å². The van der Waals surface area contributed by atoms with E-state index in [1.54, 1.807) is 13.0 Å². The van der Waals surface area contributed by atoms with Crippen molar-refractivity contribution in [2.24, 2.45) is 0 Å². The molecule has 0 bridgehead atoms. The second kappa shape index (κ2) is 10.5. The van der Waals surface area contributed by atoms with E-state index in [1.165, 1.54) is 38.5 Å². The SMILES string of the molecule is CCCCCCCCC=CC=C(C)C(=O)O. The first-order chi connectivity index (χ1) is 7.68. The molecule has 0 saturated heterocycles. The first kappa shape index (κ1) is 14.9. The van der Waals surface area contributed by atoms with Gasteiger partial charge in [0.15, 0.2) is 0 Å². The number of rotatable bonds is 9. The summed E-state index contributed by atoms with van der Waals surface area (Å²) in [6.45, 7) is 3.83. The van der Waals surface area contributed by atoms with Gasteiger partial charge in [-0.1, -0.05) is 57.3 Å². The maximum Gasteiger partial charge on any atom is 0.331 e. The van der Waals surface area contributed by atoms with Crippen LogP contribution in [-0.4, -0.2) is 11.1 Å². The Kier molecular flexibility index (Phi) is 9.78. The molecule has 1 N–H and O–H groups in total. The lowest BCUT2D eigenvalue weighted by atomic mass is 10.1. The maximum absolute atomic E-state index is 10.5. The van der Waals surface area contributed by atoms with Crippen LogP contribution < -0.4 is 0 Å². The molecule has 2 nitrogen and oxygen atoms in total. The van der Waals surface area contributed by atoms with Gasteiger partial charge >= 0.3 is 5.97 Å². The molecular weight excluding hydrogens is 200 g/mol. The van der Waals surface area contributed by atoms with Crippen molar-refractivity contribution in [3.8, 4) is 0 Å². The lowest BCUT2D eigenvalue weighted by molar-refractivity contribution is -0.132. The minimum atomic E-state index is -0.843. The zero-order chi connectivity index (χ0) is 12.2. The van der Waals surface area contributed by atoms with Crippen LogP contribution in [0.3, 0.4) is 0 Å². The Hall–Kier alpha value is -1.05. The van der Waals surface area contributed by atoms with Crippen molar-refractivity contribution in [2.45, 2.75) is 58.8 Å². The van der Waals surface area contributed by atoms with Crippen molar-refractivity contribution < 1.29 is 9.90 Å². The van der Waals surface area contributed by atoms with Crippen molar-refractivity contribution in [1.29, 1.82) is 0 Å². The smallest absolute Gasteiger partial charge is 0.331 e. The Morgan fingerprint density at radius 1 is 1.12 bits per heavy atom. The van der Waals surface area contributed by atoms with Crippen LogP contribution in [-0.2, 0) is 4.79 Å². The molecule has 0 atom stereocenters. The summed E-state index contributed by atoms with van der Waals surface area (Å²) in [7, 11) is 0. The minimum absolute atomic E-state index is 0.388. The van der Waals surface area contributed by atoms with Gasteiger partial charge in [0.05, 0.1) is 0 Å². The van der Waals surface area contributed by atoms with Crippen LogP contribution in [0.2, 0.25) is 0 Å². The third-order valence-corrected chi connectivity index (χ3v) is 2.54. The monoisotopic (exact) mass is 224 g/mol. The van der Waals surface area contributed by atoms with E-state index in [9.17, 15) is 4.79 Å². The molecule has 0 aliphatic rings. The molecule has 0 radical (unpaired) electrons. The average molecular weight is 224 g/mol. The first-order valence-corrected chi connectivity index (χ1v) is 6.25. The zero-order valence-electron chi connectivity index (χ0n) is 10.5. The van der Waals surface area contributed by atoms with Crippen molar-refractivity contribution in [3.63, 3.8) is 0 Å². The summed E-state index contributed by atoms with van der Waals surface area (Å²) < 4.78 is 0. The maximum atomic E-state index is 10.5. The van der Waals surface area contributed by atoms with Crippen molar-refractivity contribution in [1.82, 2.24) is 0 Å². The highest BCUT2D eigenvalue weighted by atomic mass is 16.4. The van der Waals surface area contributed by atoms with E-state index >= 15 is 0 Å². The summed E-state index contributed by atoms with van der Waals surface area (Å²) in [6.07, 6.45) is 14.4. The van der Waals surface area contributed by atoms with Crippen LogP contribution in [0.25, 0.3) is 0 Å². The number of aliphatic carboxylic acids is 1. The van der Waals surface area contributed by atoms with Gasteiger partial charge < -0.3 is 5.11 Å². The van der Waals surface area contributed by atoms with E-state index in [2.05, 4.69) is 6.92 Å². The molecule has 0 amide bonds. The van der Waals surface area contributed by atoms with Gasteiger partial charge in [-0.05, 0) is 19.8 Å². The Morgan fingerprint density at radius 2 is 1.75 bits per heavy atom. The molecule has 0 unspecified atom stereocenters. The van der Waals surface area contributed by atoms with E-state index < -0.39 is 5.97 Å². The molecule has 0 rings (SSSR count). The van der Waals surface area contributed by atoms with Crippen LogP contribution in [0.4, 0.5) is 0 Å². The summed E-state index contributed by atoms with van der Waals surface area (Å²) in [5.41, 5.74) is 0.388. The molecular formula is C14H24O2. The van der Waals surface area contributed by atoms with Gasteiger partial charge in [-0.3, -0.25) is 0 Å². The van der Waals surface area contributed by atoms with Crippen molar-refractivity contribution >= 4 is 5.97 Å². The van der Waals surface area contributed by atoms with Gasteiger partial charge in [-0.15, -0.1) is 0 Å². The highest BCUT2D eigenvalue weighted by molar-refractivity contribution is 5.86. The third kappa shape index (κ3) is 9.50. The fourth-order valence-electron chi connectivity index (χ4n) is 1.42. The molecule has 92 valence electrons. The molecule has 0 aliphatic carbocycles. The molecule has 0 spiro atoms. The second-order valence-corrected chi connectivity index (χ2v) is 4.14. The molecule has 0 aromatic heterocycles. The van der Waals surface area contributed by atoms with Crippen molar-refractivity contribution in [2.75, 3.05) is 0 Å². The molecule has 0 heterocycles. The number of carbonyl (C=O) groups is 1. The van der Waals surface area contributed by atoms with Crippen LogP contribution in [0, 0.1) is 0 Å². The Labute approximate surface area is 99.1 Å². The lowest BCUT2D eigenvalue weighted by Crippen LogP contribution is -1.94. The van der Waals surface area contributed by atoms with Crippen LogP contribution in [0.1, 0.15) is 58.8 Å². The summed E-state index contributed by atoms with van der Waals surface area (Å²) in [6, 6.07) is 0. The van der Waals surface area contributed by atoms with Gasteiger partial charge in [0.1, 0.15) is 0 Å². The van der Waals surface area contributed by atoms with Crippen LogP contribution >= 0.6 is 0 Å². The summed E-state index contributed by atoms with van der Waals surface area (Å²) in [5.74, 6) is -0.843. The minimum Gasteiger partial charge on any atom is -0.478 e. The van der Waals surface area contributed by atoms with E-state index in [-0.39, 0.29) is 0 Å². The number of hydrogen-bond acceptors (Lipinski definition) is 1. The van der Waals surface area contributed by atoms with Crippen LogP contribution in [0.5, 0.6) is 0 Å². The topological polar surface area (TPSA) is 37.3 Å². The third-order valence-electron chi connectivity index (χ3n) is 2.54. The van der Waals surface area contributed by atoms with E-state index in [4.69, 9.17) is 5.11 Å². The normalized spacial score (nSPS) is 12.2. The van der Waals surface area contributed by atoms with Gasteiger partial charge in [0.25, 0.3) is 0 Å².